The predicted molar refractivity (Wildman–Crippen MR) is 97.1 cm³/mol. The summed E-state index contributed by atoms with van der Waals surface area (Å²) in [5.74, 6) is 2.47. The van der Waals surface area contributed by atoms with Gasteiger partial charge in [0.1, 0.15) is 0 Å². The minimum Gasteiger partial charge on any atom is -0.324 e. The molecule has 0 aromatic heterocycles. The van der Waals surface area contributed by atoms with Gasteiger partial charge in [-0.2, -0.15) is 0 Å². The number of amides is 2. The molecule has 1 aliphatic heterocycles. The standard InChI is InChI=1S/C18H27N3OS/c1-18(2)15-11-21(12-16(15)18)17(22)19-13-5-7-14(8-6-13)23-10-9-20(3)4/h5-8,15-16H,9-12H2,1-4H3,(H,19,22). The first kappa shape index (κ1) is 16.7. The Bertz CT molecular complexity index is 556. The van der Waals surface area contributed by atoms with Crippen molar-refractivity contribution in [1.82, 2.24) is 9.80 Å². The lowest BCUT2D eigenvalue weighted by Gasteiger charge is -2.22. The van der Waals surface area contributed by atoms with E-state index in [0.29, 0.717) is 17.3 Å². The average Bonchev–Trinajstić information content (AvgIpc) is 2.88. The van der Waals surface area contributed by atoms with Crippen LogP contribution in [0.1, 0.15) is 13.8 Å². The van der Waals surface area contributed by atoms with Gasteiger partial charge in [-0.05, 0) is 55.6 Å². The van der Waals surface area contributed by atoms with Gasteiger partial charge in [0.15, 0.2) is 0 Å². The highest BCUT2D eigenvalue weighted by atomic mass is 32.2. The van der Waals surface area contributed by atoms with Gasteiger partial charge in [-0.3, -0.25) is 0 Å². The summed E-state index contributed by atoms with van der Waals surface area (Å²) in [5.41, 5.74) is 1.33. The molecule has 1 aliphatic carbocycles. The summed E-state index contributed by atoms with van der Waals surface area (Å²) in [7, 11) is 4.17. The summed E-state index contributed by atoms with van der Waals surface area (Å²) in [6.45, 7) is 7.50. The molecule has 1 aromatic carbocycles. The first-order valence-electron chi connectivity index (χ1n) is 8.31. The molecule has 2 amide bonds. The Morgan fingerprint density at radius 1 is 1.26 bits per heavy atom. The van der Waals surface area contributed by atoms with E-state index in [4.69, 9.17) is 0 Å². The van der Waals surface area contributed by atoms with Crippen LogP contribution in [0.3, 0.4) is 0 Å². The molecule has 1 N–H and O–H groups in total. The molecule has 3 rings (SSSR count). The van der Waals surface area contributed by atoms with Crippen molar-refractivity contribution in [2.75, 3.05) is 44.8 Å². The smallest absolute Gasteiger partial charge is 0.321 e. The summed E-state index contributed by atoms with van der Waals surface area (Å²) < 4.78 is 0. The number of anilines is 1. The van der Waals surface area contributed by atoms with E-state index >= 15 is 0 Å². The molecule has 0 radical (unpaired) electrons. The van der Waals surface area contributed by atoms with Crippen LogP contribution in [0.5, 0.6) is 0 Å². The molecule has 4 nitrogen and oxygen atoms in total. The number of benzene rings is 1. The third-order valence-electron chi connectivity index (χ3n) is 5.32. The van der Waals surface area contributed by atoms with Gasteiger partial charge in [-0.15, -0.1) is 11.8 Å². The van der Waals surface area contributed by atoms with Crippen molar-refractivity contribution in [2.24, 2.45) is 17.3 Å². The van der Waals surface area contributed by atoms with Gasteiger partial charge in [-0.1, -0.05) is 13.8 Å². The van der Waals surface area contributed by atoms with E-state index in [1.54, 1.807) is 0 Å². The quantitative estimate of drug-likeness (QED) is 0.838. The van der Waals surface area contributed by atoms with E-state index in [0.717, 1.165) is 31.1 Å². The molecule has 2 fully saturated rings. The van der Waals surface area contributed by atoms with Gasteiger partial charge in [-0.25, -0.2) is 4.79 Å². The van der Waals surface area contributed by atoms with E-state index < -0.39 is 0 Å². The Morgan fingerprint density at radius 2 is 1.87 bits per heavy atom. The fraction of sp³-hybridized carbons (Fsp3) is 0.611. The number of hydrogen-bond donors (Lipinski definition) is 1. The van der Waals surface area contributed by atoms with Crippen molar-refractivity contribution in [1.29, 1.82) is 0 Å². The zero-order chi connectivity index (χ0) is 16.6. The lowest BCUT2D eigenvalue weighted by atomic mass is 10.1. The lowest BCUT2D eigenvalue weighted by Crippen LogP contribution is -2.36. The van der Waals surface area contributed by atoms with Crippen LogP contribution in [-0.4, -0.2) is 55.3 Å². The fourth-order valence-electron chi connectivity index (χ4n) is 3.48. The summed E-state index contributed by atoms with van der Waals surface area (Å²) in [5, 5.41) is 3.02. The van der Waals surface area contributed by atoms with Crippen molar-refractivity contribution >= 4 is 23.5 Å². The van der Waals surface area contributed by atoms with Gasteiger partial charge >= 0.3 is 6.03 Å². The van der Waals surface area contributed by atoms with E-state index in [1.807, 2.05) is 28.8 Å². The Morgan fingerprint density at radius 3 is 2.43 bits per heavy atom. The molecule has 5 heteroatoms. The highest BCUT2D eigenvalue weighted by Crippen LogP contribution is 2.61. The van der Waals surface area contributed by atoms with Crippen LogP contribution in [0.4, 0.5) is 10.5 Å². The SMILES string of the molecule is CN(C)CCSc1ccc(NC(=O)N2CC3C(C2)C3(C)C)cc1. The molecular formula is C18H27N3OS. The van der Waals surface area contributed by atoms with Gasteiger partial charge in [0.25, 0.3) is 0 Å². The van der Waals surface area contributed by atoms with Crippen molar-refractivity contribution in [3.8, 4) is 0 Å². The molecule has 1 aromatic rings. The van der Waals surface area contributed by atoms with Crippen LogP contribution in [0.15, 0.2) is 29.2 Å². The predicted octanol–water partition coefficient (Wildman–Crippen LogP) is 3.46. The molecule has 0 spiro atoms. The molecule has 1 saturated heterocycles. The number of urea groups is 1. The number of fused-ring (bicyclic) bond motifs is 1. The second-order valence-corrected chi connectivity index (χ2v) is 8.71. The van der Waals surface area contributed by atoms with Crippen molar-refractivity contribution in [2.45, 2.75) is 18.7 Å². The number of rotatable bonds is 5. The number of carbonyl (C=O) groups excluding carboxylic acids is 1. The Hall–Kier alpha value is -1.20. The van der Waals surface area contributed by atoms with Gasteiger partial charge in [0.05, 0.1) is 0 Å². The number of carbonyl (C=O) groups is 1. The molecule has 1 saturated carbocycles. The number of thioether (sulfide) groups is 1. The molecule has 2 atom stereocenters. The Kier molecular flexibility index (Phi) is 4.61. The topological polar surface area (TPSA) is 35.6 Å². The molecular weight excluding hydrogens is 306 g/mol. The third-order valence-corrected chi connectivity index (χ3v) is 6.31. The summed E-state index contributed by atoms with van der Waals surface area (Å²) >= 11 is 1.84. The molecule has 23 heavy (non-hydrogen) atoms. The number of nitrogens with one attached hydrogen (secondary N) is 1. The molecule has 126 valence electrons. The molecule has 1 heterocycles. The molecule has 2 unspecified atom stereocenters. The normalized spacial score (nSPS) is 24.7. The highest BCUT2D eigenvalue weighted by Gasteiger charge is 2.62. The summed E-state index contributed by atoms with van der Waals surface area (Å²) in [4.78, 5) is 17.7. The molecule has 0 bridgehead atoms. The van der Waals surface area contributed by atoms with Crippen molar-refractivity contribution in [3.05, 3.63) is 24.3 Å². The maximum absolute atomic E-state index is 12.3. The van der Waals surface area contributed by atoms with Crippen LogP contribution in [0.25, 0.3) is 0 Å². The maximum atomic E-state index is 12.3. The Balaban J connectivity index is 1.46. The second-order valence-electron chi connectivity index (χ2n) is 7.55. The van der Waals surface area contributed by atoms with E-state index in [9.17, 15) is 4.79 Å². The third kappa shape index (κ3) is 3.66. The Labute approximate surface area is 143 Å². The second kappa shape index (κ2) is 6.36. The monoisotopic (exact) mass is 333 g/mol. The summed E-state index contributed by atoms with van der Waals surface area (Å²) in [6, 6.07) is 8.20. The summed E-state index contributed by atoms with van der Waals surface area (Å²) in [6.07, 6.45) is 0. The highest BCUT2D eigenvalue weighted by molar-refractivity contribution is 7.99. The van der Waals surface area contributed by atoms with Crippen LogP contribution in [-0.2, 0) is 0 Å². The number of likely N-dealkylation sites (tertiary alicyclic amines) is 1. The minimum atomic E-state index is 0.0426. The zero-order valence-corrected chi connectivity index (χ0v) is 15.3. The zero-order valence-electron chi connectivity index (χ0n) is 14.5. The lowest BCUT2D eigenvalue weighted by molar-refractivity contribution is 0.209. The van der Waals surface area contributed by atoms with E-state index in [1.165, 1.54) is 4.90 Å². The number of piperidine rings is 1. The van der Waals surface area contributed by atoms with Gasteiger partial charge in [0.2, 0.25) is 0 Å². The largest absolute Gasteiger partial charge is 0.324 e. The maximum Gasteiger partial charge on any atom is 0.321 e. The first-order valence-corrected chi connectivity index (χ1v) is 9.30. The van der Waals surface area contributed by atoms with Crippen LogP contribution in [0.2, 0.25) is 0 Å². The van der Waals surface area contributed by atoms with Crippen LogP contribution >= 0.6 is 11.8 Å². The van der Waals surface area contributed by atoms with Gasteiger partial charge < -0.3 is 15.1 Å². The van der Waals surface area contributed by atoms with E-state index in [-0.39, 0.29) is 6.03 Å². The van der Waals surface area contributed by atoms with Crippen molar-refractivity contribution in [3.63, 3.8) is 0 Å². The van der Waals surface area contributed by atoms with Gasteiger partial charge in [0, 0.05) is 36.0 Å². The van der Waals surface area contributed by atoms with Crippen LogP contribution < -0.4 is 5.32 Å². The first-order chi connectivity index (χ1) is 10.9. The van der Waals surface area contributed by atoms with E-state index in [2.05, 4.69) is 50.3 Å². The molecule has 2 aliphatic rings. The average molecular weight is 334 g/mol. The minimum absolute atomic E-state index is 0.0426. The number of hydrogen-bond acceptors (Lipinski definition) is 3. The fourth-order valence-corrected chi connectivity index (χ4v) is 4.50. The number of nitrogens with zero attached hydrogens (tertiary/aromatic N) is 2. The van der Waals surface area contributed by atoms with Crippen LogP contribution in [0, 0.1) is 17.3 Å². The van der Waals surface area contributed by atoms with Crippen molar-refractivity contribution < 1.29 is 4.79 Å².